The van der Waals surface area contributed by atoms with Crippen LogP contribution in [0.15, 0.2) is 24.3 Å². The molecule has 0 saturated heterocycles. The number of amides is 2. The van der Waals surface area contributed by atoms with Crippen LogP contribution < -0.4 is 10.6 Å². The molecule has 1 aromatic carbocycles. The molecule has 5 rings (SSSR count). The van der Waals surface area contributed by atoms with Gasteiger partial charge in [-0.25, -0.2) is 0 Å². The molecule has 0 aromatic heterocycles. The van der Waals surface area contributed by atoms with Crippen LogP contribution in [0.4, 0.5) is 11.4 Å². The maximum absolute atomic E-state index is 13.0. The van der Waals surface area contributed by atoms with Gasteiger partial charge < -0.3 is 10.6 Å². The fourth-order valence-corrected chi connectivity index (χ4v) is 5.59. The minimum absolute atomic E-state index is 0.0795. The summed E-state index contributed by atoms with van der Waals surface area (Å²) >= 11 is 5.52. The van der Waals surface area contributed by atoms with E-state index in [1.54, 1.807) is 12.1 Å². The van der Waals surface area contributed by atoms with Gasteiger partial charge in [-0.3, -0.25) is 9.59 Å². The zero-order valence-electron chi connectivity index (χ0n) is 13.7. The van der Waals surface area contributed by atoms with Crippen LogP contribution in [0, 0.1) is 23.2 Å². The van der Waals surface area contributed by atoms with E-state index in [2.05, 4.69) is 10.6 Å². The first kappa shape index (κ1) is 15.9. The number of carbonyl (C=O) groups excluding carboxylic acids is 2. The molecule has 0 spiro atoms. The number of alkyl halides is 1. The summed E-state index contributed by atoms with van der Waals surface area (Å²) in [4.78, 5) is 24.4. The maximum Gasteiger partial charge on any atom is 0.239 e. The Morgan fingerprint density at radius 2 is 1.54 bits per heavy atom. The van der Waals surface area contributed by atoms with Gasteiger partial charge in [0.25, 0.3) is 0 Å². The van der Waals surface area contributed by atoms with Crippen molar-refractivity contribution in [3.8, 4) is 0 Å². The summed E-state index contributed by atoms with van der Waals surface area (Å²) in [7, 11) is 0. The fourth-order valence-electron chi connectivity index (χ4n) is 5.52. The molecule has 0 heterocycles. The van der Waals surface area contributed by atoms with Crippen LogP contribution in [-0.2, 0) is 9.59 Å². The van der Waals surface area contributed by atoms with Crippen LogP contribution in [0.5, 0.6) is 0 Å². The van der Waals surface area contributed by atoms with E-state index in [0.717, 1.165) is 42.7 Å². The van der Waals surface area contributed by atoms with Gasteiger partial charge in [0.1, 0.15) is 5.88 Å². The molecule has 0 atom stereocenters. The van der Waals surface area contributed by atoms with Crippen LogP contribution in [0.2, 0.25) is 0 Å². The Bertz CT molecular complexity index is 638. The van der Waals surface area contributed by atoms with Gasteiger partial charge in [0.05, 0.1) is 5.41 Å². The largest absolute Gasteiger partial charge is 0.326 e. The van der Waals surface area contributed by atoms with E-state index < -0.39 is 0 Å². The van der Waals surface area contributed by atoms with E-state index in [1.807, 2.05) is 12.1 Å². The smallest absolute Gasteiger partial charge is 0.239 e. The number of anilines is 2. The summed E-state index contributed by atoms with van der Waals surface area (Å²) < 4.78 is 0. The first-order valence-electron chi connectivity index (χ1n) is 8.84. The second-order valence-electron chi connectivity index (χ2n) is 7.91. The summed E-state index contributed by atoms with van der Waals surface area (Å²) in [6, 6.07) is 7.29. The average molecular weight is 347 g/mol. The van der Waals surface area contributed by atoms with Gasteiger partial charge in [-0.1, -0.05) is 6.07 Å². The number of carbonyl (C=O) groups is 2. The predicted octanol–water partition coefficient (Wildman–Crippen LogP) is 4.02. The van der Waals surface area contributed by atoms with Gasteiger partial charge in [0.2, 0.25) is 11.8 Å². The fraction of sp³-hybridized carbons (Fsp3) is 0.579. The molecule has 4 nitrogen and oxygen atoms in total. The van der Waals surface area contributed by atoms with E-state index >= 15 is 0 Å². The van der Waals surface area contributed by atoms with E-state index in [-0.39, 0.29) is 23.1 Å². The van der Waals surface area contributed by atoms with Gasteiger partial charge in [-0.05, 0) is 74.5 Å². The van der Waals surface area contributed by atoms with Crippen molar-refractivity contribution in [2.24, 2.45) is 23.2 Å². The normalized spacial score (nSPS) is 33.3. The molecule has 5 heteroatoms. The molecule has 24 heavy (non-hydrogen) atoms. The summed E-state index contributed by atoms with van der Waals surface area (Å²) in [6.45, 7) is 0. The van der Waals surface area contributed by atoms with Crippen LogP contribution >= 0.6 is 11.6 Å². The van der Waals surface area contributed by atoms with Gasteiger partial charge in [0.15, 0.2) is 0 Å². The molecule has 0 unspecified atom stereocenters. The summed E-state index contributed by atoms with van der Waals surface area (Å²) in [5.41, 5.74) is 1.23. The van der Waals surface area contributed by atoms with E-state index in [1.165, 1.54) is 19.3 Å². The standard InChI is InChI=1S/C19H23ClN2O2/c20-11-17(23)21-15-2-1-3-16(7-15)22-18(24)19-8-12-4-13(9-19)6-14(5-12)10-19/h1-3,7,12-14H,4-6,8-11H2,(H,21,23)(H,22,24). The zero-order valence-corrected chi connectivity index (χ0v) is 14.4. The Balaban J connectivity index is 1.48. The van der Waals surface area contributed by atoms with Crippen molar-refractivity contribution in [2.75, 3.05) is 16.5 Å². The Hall–Kier alpha value is -1.55. The molecule has 0 radical (unpaired) electrons. The Kier molecular flexibility index (Phi) is 4.03. The van der Waals surface area contributed by atoms with Gasteiger partial charge in [0, 0.05) is 11.4 Å². The van der Waals surface area contributed by atoms with E-state index in [9.17, 15) is 9.59 Å². The first-order chi connectivity index (χ1) is 11.6. The highest BCUT2D eigenvalue weighted by atomic mass is 35.5. The molecule has 2 N–H and O–H groups in total. The number of hydrogen-bond donors (Lipinski definition) is 2. The third-order valence-corrected chi connectivity index (χ3v) is 6.29. The lowest BCUT2D eigenvalue weighted by Crippen LogP contribution is -2.51. The number of hydrogen-bond acceptors (Lipinski definition) is 2. The third-order valence-electron chi connectivity index (χ3n) is 6.05. The lowest BCUT2D eigenvalue weighted by molar-refractivity contribution is -0.140. The van der Waals surface area contributed by atoms with Crippen LogP contribution in [0.3, 0.4) is 0 Å². The number of rotatable bonds is 4. The summed E-state index contributed by atoms with van der Waals surface area (Å²) in [6.07, 6.45) is 7.12. The topological polar surface area (TPSA) is 58.2 Å². The molecule has 0 aliphatic heterocycles. The molecular formula is C19H23ClN2O2. The van der Waals surface area contributed by atoms with Gasteiger partial charge in [-0.2, -0.15) is 0 Å². The lowest BCUT2D eigenvalue weighted by atomic mass is 9.49. The van der Waals surface area contributed by atoms with Crippen molar-refractivity contribution in [2.45, 2.75) is 38.5 Å². The van der Waals surface area contributed by atoms with Crippen molar-refractivity contribution in [3.63, 3.8) is 0 Å². The lowest BCUT2D eigenvalue weighted by Gasteiger charge is -2.55. The number of nitrogens with one attached hydrogen (secondary N) is 2. The van der Waals surface area contributed by atoms with Crippen molar-refractivity contribution < 1.29 is 9.59 Å². The molecule has 1 aromatic rings. The van der Waals surface area contributed by atoms with Crippen molar-refractivity contribution >= 4 is 34.8 Å². The highest BCUT2D eigenvalue weighted by molar-refractivity contribution is 6.29. The monoisotopic (exact) mass is 346 g/mol. The molecule has 4 bridgehead atoms. The van der Waals surface area contributed by atoms with Gasteiger partial charge >= 0.3 is 0 Å². The minimum Gasteiger partial charge on any atom is -0.326 e. The Morgan fingerprint density at radius 3 is 2.08 bits per heavy atom. The quantitative estimate of drug-likeness (QED) is 0.809. The molecule has 4 aliphatic carbocycles. The van der Waals surface area contributed by atoms with Crippen molar-refractivity contribution in [3.05, 3.63) is 24.3 Å². The van der Waals surface area contributed by atoms with Crippen molar-refractivity contribution in [1.29, 1.82) is 0 Å². The van der Waals surface area contributed by atoms with E-state index in [4.69, 9.17) is 11.6 Å². The molecule has 4 fully saturated rings. The number of benzene rings is 1. The summed E-state index contributed by atoms with van der Waals surface area (Å²) in [5.74, 6) is 2.08. The van der Waals surface area contributed by atoms with Crippen molar-refractivity contribution in [1.82, 2.24) is 0 Å². The zero-order chi connectivity index (χ0) is 16.7. The second-order valence-corrected chi connectivity index (χ2v) is 8.18. The third kappa shape index (κ3) is 2.92. The molecule has 4 saturated carbocycles. The molecule has 128 valence electrons. The highest BCUT2D eigenvalue weighted by Gasteiger charge is 2.54. The highest BCUT2D eigenvalue weighted by Crippen LogP contribution is 2.60. The average Bonchev–Trinajstić information content (AvgIpc) is 2.53. The number of halogens is 1. The van der Waals surface area contributed by atoms with Gasteiger partial charge in [-0.15, -0.1) is 11.6 Å². The van der Waals surface area contributed by atoms with Crippen LogP contribution in [0.25, 0.3) is 0 Å². The van der Waals surface area contributed by atoms with Crippen LogP contribution in [0.1, 0.15) is 38.5 Å². The SMILES string of the molecule is O=C(CCl)Nc1cccc(NC(=O)C23CC4CC(CC(C4)C2)C3)c1. The Morgan fingerprint density at radius 1 is 1.00 bits per heavy atom. The van der Waals surface area contributed by atoms with Crippen LogP contribution in [-0.4, -0.2) is 17.7 Å². The first-order valence-corrected chi connectivity index (χ1v) is 9.37. The molecule has 4 aliphatic rings. The maximum atomic E-state index is 13.0. The minimum atomic E-state index is -0.249. The molecular weight excluding hydrogens is 324 g/mol. The van der Waals surface area contributed by atoms with E-state index in [0.29, 0.717) is 5.69 Å². The summed E-state index contributed by atoms with van der Waals surface area (Å²) in [5, 5.41) is 5.83. The molecule has 2 amide bonds. The second kappa shape index (κ2) is 6.07. The Labute approximate surface area is 147 Å². The predicted molar refractivity (Wildman–Crippen MR) is 95.0 cm³/mol.